The van der Waals surface area contributed by atoms with Crippen LogP contribution < -0.4 is 0 Å². The van der Waals surface area contributed by atoms with Crippen molar-refractivity contribution >= 4 is 11.8 Å². The van der Waals surface area contributed by atoms with Crippen molar-refractivity contribution in [3.05, 3.63) is 28.2 Å². The maximum absolute atomic E-state index is 9.39. The Bertz CT molecular complexity index is 701. The van der Waals surface area contributed by atoms with E-state index >= 15 is 0 Å². The molecule has 0 spiro atoms. The molecule has 0 N–H and O–H groups in total. The van der Waals surface area contributed by atoms with Crippen molar-refractivity contribution in [2.24, 2.45) is 0 Å². The van der Waals surface area contributed by atoms with Crippen LogP contribution in [0, 0.1) is 32.1 Å². The quantitative estimate of drug-likeness (QED) is 0.762. The van der Waals surface area contributed by atoms with Crippen molar-refractivity contribution in [3.63, 3.8) is 0 Å². The minimum atomic E-state index is 0.611. The van der Waals surface area contributed by atoms with Gasteiger partial charge in [-0.3, -0.25) is 0 Å². The summed E-state index contributed by atoms with van der Waals surface area (Å²) in [5.41, 5.74) is 3.70. The van der Waals surface area contributed by atoms with Crippen LogP contribution in [0.3, 0.4) is 0 Å². The molecular weight excluding hydrogens is 296 g/mol. The van der Waals surface area contributed by atoms with Gasteiger partial charge in [0.2, 0.25) is 0 Å². The third kappa shape index (κ3) is 3.45. The second-order valence-corrected chi connectivity index (χ2v) is 6.16. The van der Waals surface area contributed by atoms with E-state index in [1.807, 2.05) is 25.5 Å². The Morgan fingerprint density at radius 3 is 2.68 bits per heavy atom. The Balaban J connectivity index is 2.19. The van der Waals surface area contributed by atoms with Gasteiger partial charge in [0.05, 0.1) is 11.3 Å². The van der Waals surface area contributed by atoms with E-state index in [-0.39, 0.29) is 0 Å². The number of nitriles is 1. The van der Waals surface area contributed by atoms with Crippen LogP contribution in [0.5, 0.6) is 0 Å². The van der Waals surface area contributed by atoms with E-state index in [2.05, 4.69) is 33.5 Å². The highest BCUT2D eigenvalue weighted by Crippen LogP contribution is 2.28. The van der Waals surface area contributed by atoms with Crippen LogP contribution in [0.1, 0.15) is 48.0 Å². The number of hydrogen-bond acceptors (Lipinski definition) is 6. The molecule has 0 saturated heterocycles. The molecule has 0 amide bonds. The number of thioether (sulfide) groups is 1. The average Bonchev–Trinajstić information content (AvgIpc) is 2.96. The van der Waals surface area contributed by atoms with E-state index in [1.165, 1.54) is 11.8 Å². The molecule has 2 heterocycles. The molecule has 0 aliphatic rings. The van der Waals surface area contributed by atoms with Gasteiger partial charge in [-0.15, -0.1) is 5.10 Å². The van der Waals surface area contributed by atoms with Crippen LogP contribution in [0.4, 0.5) is 0 Å². The number of tetrazole rings is 1. The molecule has 0 radical (unpaired) electrons. The molecule has 0 fully saturated rings. The van der Waals surface area contributed by atoms with Gasteiger partial charge >= 0.3 is 0 Å². The third-order valence-electron chi connectivity index (χ3n) is 3.74. The standard InChI is InChI=1S/C15H20N6S/c1-5-6-7-21-14(18-19-20-21)9-22-15-13(8-16)11(3)10(2)12(4)17-15/h5-7,9H2,1-4H3. The lowest BCUT2D eigenvalue weighted by Crippen LogP contribution is -2.05. The fraction of sp³-hybridized carbons (Fsp3) is 0.533. The molecule has 0 saturated carbocycles. The predicted octanol–water partition coefficient (Wildman–Crippen LogP) is 2.96. The van der Waals surface area contributed by atoms with Crippen molar-refractivity contribution in [1.29, 1.82) is 5.26 Å². The molecule has 0 bridgehead atoms. The number of unbranched alkanes of at least 4 members (excludes halogenated alkanes) is 1. The summed E-state index contributed by atoms with van der Waals surface area (Å²) in [6.07, 6.45) is 2.15. The van der Waals surface area contributed by atoms with E-state index < -0.39 is 0 Å². The first-order valence-corrected chi connectivity index (χ1v) is 8.32. The van der Waals surface area contributed by atoms with Crippen LogP contribution in [0.25, 0.3) is 0 Å². The van der Waals surface area contributed by atoms with E-state index in [0.717, 1.165) is 47.1 Å². The van der Waals surface area contributed by atoms with Crippen molar-refractivity contribution < 1.29 is 0 Å². The van der Waals surface area contributed by atoms with Crippen LogP contribution >= 0.6 is 11.8 Å². The smallest absolute Gasteiger partial charge is 0.161 e. The molecule has 2 rings (SSSR count). The summed E-state index contributed by atoms with van der Waals surface area (Å²) in [7, 11) is 0. The molecule has 7 heteroatoms. The molecule has 0 aliphatic heterocycles. The maximum Gasteiger partial charge on any atom is 0.161 e. The summed E-state index contributed by atoms with van der Waals surface area (Å²) < 4.78 is 1.83. The lowest BCUT2D eigenvalue weighted by Gasteiger charge is -2.11. The normalized spacial score (nSPS) is 10.7. The van der Waals surface area contributed by atoms with Crippen molar-refractivity contribution in [2.45, 2.75) is 57.9 Å². The fourth-order valence-corrected chi connectivity index (χ4v) is 3.11. The molecule has 2 aromatic rings. The number of hydrogen-bond donors (Lipinski definition) is 0. The largest absolute Gasteiger partial charge is 0.245 e. The number of rotatable bonds is 6. The monoisotopic (exact) mass is 316 g/mol. The van der Waals surface area contributed by atoms with Gasteiger partial charge in [0.1, 0.15) is 11.1 Å². The first kappa shape index (κ1) is 16.4. The third-order valence-corrected chi connectivity index (χ3v) is 4.71. The molecule has 0 aromatic carbocycles. The molecule has 116 valence electrons. The summed E-state index contributed by atoms with van der Waals surface area (Å²) in [5.74, 6) is 1.43. The first-order chi connectivity index (χ1) is 10.6. The van der Waals surface area contributed by atoms with Crippen LogP contribution in [-0.2, 0) is 12.3 Å². The molecule has 0 atom stereocenters. The summed E-state index contributed by atoms with van der Waals surface area (Å²) in [6.45, 7) is 8.90. The second kappa shape index (κ2) is 7.36. The average molecular weight is 316 g/mol. The minimum Gasteiger partial charge on any atom is -0.245 e. The molecule has 2 aromatic heterocycles. The zero-order chi connectivity index (χ0) is 16.1. The first-order valence-electron chi connectivity index (χ1n) is 7.34. The van der Waals surface area contributed by atoms with Crippen molar-refractivity contribution in [3.8, 4) is 6.07 Å². The Kier molecular flexibility index (Phi) is 5.50. The zero-order valence-corrected chi connectivity index (χ0v) is 14.2. The highest BCUT2D eigenvalue weighted by molar-refractivity contribution is 7.98. The molecular formula is C15H20N6S. The van der Waals surface area contributed by atoms with Crippen molar-refractivity contribution in [1.82, 2.24) is 25.2 Å². The van der Waals surface area contributed by atoms with Crippen LogP contribution in [-0.4, -0.2) is 25.2 Å². The van der Waals surface area contributed by atoms with Gasteiger partial charge < -0.3 is 0 Å². The van der Waals surface area contributed by atoms with Crippen LogP contribution in [0.15, 0.2) is 5.03 Å². The lowest BCUT2D eigenvalue weighted by molar-refractivity contribution is 0.540. The van der Waals surface area contributed by atoms with Gasteiger partial charge in [-0.1, -0.05) is 25.1 Å². The summed E-state index contributed by atoms with van der Waals surface area (Å²) >= 11 is 1.52. The Morgan fingerprint density at radius 2 is 2.00 bits per heavy atom. The molecule has 0 unspecified atom stereocenters. The second-order valence-electron chi connectivity index (χ2n) is 5.20. The number of aromatic nitrogens is 5. The highest BCUT2D eigenvalue weighted by atomic mass is 32.2. The van der Waals surface area contributed by atoms with Gasteiger partial charge in [0.15, 0.2) is 5.82 Å². The number of pyridine rings is 1. The molecule has 0 aliphatic carbocycles. The maximum atomic E-state index is 9.39. The topological polar surface area (TPSA) is 80.3 Å². The predicted molar refractivity (Wildman–Crippen MR) is 85.4 cm³/mol. The van der Waals surface area contributed by atoms with Gasteiger partial charge in [0.25, 0.3) is 0 Å². The van der Waals surface area contributed by atoms with Gasteiger partial charge in [-0.2, -0.15) is 5.26 Å². The van der Waals surface area contributed by atoms with Gasteiger partial charge in [-0.25, -0.2) is 9.67 Å². The highest BCUT2D eigenvalue weighted by Gasteiger charge is 2.14. The Hall–Kier alpha value is -1.94. The molecule has 6 nitrogen and oxygen atoms in total. The van der Waals surface area contributed by atoms with Gasteiger partial charge in [-0.05, 0) is 48.7 Å². The minimum absolute atomic E-state index is 0.611. The van der Waals surface area contributed by atoms with Crippen molar-refractivity contribution in [2.75, 3.05) is 0 Å². The lowest BCUT2D eigenvalue weighted by atomic mass is 10.1. The van der Waals surface area contributed by atoms with Crippen LogP contribution in [0.2, 0.25) is 0 Å². The van der Waals surface area contributed by atoms with E-state index in [4.69, 9.17) is 0 Å². The van der Waals surface area contributed by atoms with E-state index in [1.54, 1.807) is 0 Å². The summed E-state index contributed by atoms with van der Waals surface area (Å²) in [6, 6.07) is 2.27. The SMILES string of the molecule is CCCCn1nnnc1CSc1nc(C)c(C)c(C)c1C#N. The zero-order valence-electron chi connectivity index (χ0n) is 13.4. The van der Waals surface area contributed by atoms with E-state index in [0.29, 0.717) is 11.3 Å². The Labute approximate surface area is 134 Å². The summed E-state index contributed by atoms with van der Waals surface area (Å²) in [5, 5.41) is 22.0. The molecule has 22 heavy (non-hydrogen) atoms. The number of nitrogens with zero attached hydrogens (tertiary/aromatic N) is 6. The Morgan fingerprint density at radius 1 is 1.23 bits per heavy atom. The van der Waals surface area contributed by atoms with Gasteiger partial charge in [0, 0.05) is 12.2 Å². The summed E-state index contributed by atoms with van der Waals surface area (Å²) in [4.78, 5) is 4.56. The number of aryl methyl sites for hydroxylation is 2. The van der Waals surface area contributed by atoms with E-state index in [9.17, 15) is 5.26 Å². The fourth-order valence-electron chi connectivity index (χ4n) is 2.09.